The van der Waals surface area contributed by atoms with Crippen LogP contribution in [-0.2, 0) is 4.79 Å². The highest BCUT2D eigenvalue weighted by molar-refractivity contribution is 7.98. The van der Waals surface area contributed by atoms with E-state index in [0.29, 0.717) is 5.02 Å². The molecule has 2 nitrogen and oxygen atoms in total. The van der Waals surface area contributed by atoms with Crippen LogP contribution >= 0.6 is 23.5 Å². The summed E-state index contributed by atoms with van der Waals surface area (Å²) in [6.45, 7) is 0. The Morgan fingerprint density at radius 1 is 1.36 bits per heavy atom. The Hall–Kier alpha value is -0.760. The van der Waals surface area contributed by atoms with Gasteiger partial charge in [0.25, 0.3) is 0 Å². The van der Waals surface area contributed by atoms with Gasteiger partial charge in [-0.3, -0.25) is 0 Å². The summed E-state index contributed by atoms with van der Waals surface area (Å²) in [7, 11) is 0. The van der Waals surface area contributed by atoms with Crippen molar-refractivity contribution in [2.24, 2.45) is 4.40 Å². The summed E-state index contributed by atoms with van der Waals surface area (Å²) in [5.74, 6) is 0. The Kier molecular flexibility index (Phi) is 3.17. The molecule has 0 aliphatic heterocycles. The summed E-state index contributed by atoms with van der Waals surface area (Å²) in [6, 6.07) is 7.05. The second kappa shape index (κ2) is 4.19. The van der Waals surface area contributed by atoms with Gasteiger partial charge in [-0.1, -0.05) is 11.6 Å². The number of isocyanates is 1. The van der Waals surface area contributed by atoms with Crippen LogP contribution in [-0.4, -0.2) is 6.08 Å². The van der Waals surface area contributed by atoms with Crippen molar-refractivity contribution in [3.05, 3.63) is 29.3 Å². The molecule has 56 valence electrons. The minimum atomic E-state index is 0.671. The SMILES string of the molecule is O=C=NSc1ccc(Cl)cc1. The summed E-state index contributed by atoms with van der Waals surface area (Å²) in [5, 5.41) is 0.671. The number of benzene rings is 1. The summed E-state index contributed by atoms with van der Waals surface area (Å²) in [5.41, 5.74) is 0. The molecular formula is C7H4ClNOS. The van der Waals surface area contributed by atoms with Gasteiger partial charge in [0.2, 0.25) is 6.08 Å². The van der Waals surface area contributed by atoms with E-state index < -0.39 is 0 Å². The molecule has 0 unspecified atom stereocenters. The molecule has 0 bridgehead atoms. The highest BCUT2D eigenvalue weighted by atomic mass is 35.5. The molecule has 0 N–H and O–H groups in total. The van der Waals surface area contributed by atoms with Gasteiger partial charge < -0.3 is 0 Å². The summed E-state index contributed by atoms with van der Waals surface area (Å²) < 4.78 is 3.34. The van der Waals surface area contributed by atoms with Crippen LogP contribution in [0.25, 0.3) is 0 Å². The van der Waals surface area contributed by atoms with Crippen LogP contribution in [0.4, 0.5) is 0 Å². The molecule has 0 aliphatic carbocycles. The molecule has 0 atom stereocenters. The molecule has 11 heavy (non-hydrogen) atoms. The van der Waals surface area contributed by atoms with Gasteiger partial charge in [-0.05, 0) is 24.3 Å². The van der Waals surface area contributed by atoms with Gasteiger partial charge in [0, 0.05) is 21.9 Å². The third-order valence-corrected chi connectivity index (χ3v) is 1.90. The van der Waals surface area contributed by atoms with Crippen LogP contribution in [0.1, 0.15) is 0 Å². The molecule has 0 aliphatic rings. The van der Waals surface area contributed by atoms with Crippen molar-refractivity contribution < 1.29 is 4.79 Å². The molecule has 0 saturated carbocycles. The number of rotatable bonds is 2. The molecule has 0 heterocycles. The maximum atomic E-state index is 9.71. The van der Waals surface area contributed by atoms with Crippen LogP contribution in [0.5, 0.6) is 0 Å². The van der Waals surface area contributed by atoms with Crippen molar-refractivity contribution >= 4 is 29.6 Å². The molecular weight excluding hydrogens is 182 g/mol. The fourth-order valence-electron chi connectivity index (χ4n) is 0.567. The first kappa shape index (κ1) is 8.34. The Morgan fingerprint density at radius 2 is 2.00 bits per heavy atom. The molecule has 1 aromatic carbocycles. The Bertz CT molecular complexity index is 279. The first-order valence-corrected chi connectivity index (χ1v) is 3.98. The molecule has 1 aromatic rings. The van der Waals surface area contributed by atoms with Gasteiger partial charge in [-0.2, -0.15) is 0 Å². The normalized spacial score (nSPS) is 8.82. The molecule has 0 fully saturated rings. The molecule has 0 amide bonds. The second-order valence-corrected chi connectivity index (χ2v) is 3.00. The van der Waals surface area contributed by atoms with Crippen molar-refractivity contribution in [3.8, 4) is 0 Å². The van der Waals surface area contributed by atoms with E-state index in [4.69, 9.17) is 11.6 Å². The van der Waals surface area contributed by atoms with Gasteiger partial charge in [0.15, 0.2) is 0 Å². The topological polar surface area (TPSA) is 29.4 Å². The zero-order valence-corrected chi connectivity index (χ0v) is 7.02. The highest BCUT2D eigenvalue weighted by Gasteiger charge is 1.90. The van der Waals surface area contributed by atoms with Crippen molar-refractivity contribution in [2.45, 2.75) is 4.90 Å². The summed E-state index contributed by atoms with van der Waals surface area (Å²) in [4.78, 5) is 10.6. The van der Waals surface area contributed by atoms with E-state index in [2.05, 4.69) is 4.40 Å². The standard InChI is InChI=1S/C7H4ClNOS/c8-6-1-3-7(4-2-6)11-9-5-10/h1-4H. The van der Waals surface area contributed by atoms with E-state index in [1.165, 1.54) is 6.08 Å². The van der Waals surface area contributed by atoms with Gasteiger partial charge in [0.05, 0.1) is 0 Å². The van der Waals surface area contributed by atoms with E-state index in [1.807, 2.05) is 0 Å². The Labute approximate surface area is 73.4 Å². The second-order valence-electron chi connectivity index (χ2n) is 1.73. The van der Waals surface area contributed by atoms with Gasteiger partial charge in [-0.15, -0.1) is 4.40 Å². The smallest absolute Gasteiger partial charge is 0.210 e. The molecule has 0 aromatic heterocycles. The first-order chi connectivity index (χ1) is 5.33. The van der Waals surface area contributed by atoms with Crippen LogP contribution < -0.4 is 0 Å². The number of halogens is 1. The largest absolute Gasteiger partial charge is 0.247 e. The van der Waals surface area contributed by atoms with Crippen molar-refractivity contribution in [2.75, 3.05) is 0 Å². The van der Waals surface area contributed by atoms with E-state index >= 15 is 0 Å². The minimum Gasteiger partial charge on any atom is -0.210 e. The number of hydrogen-bond acceptors (Lipinski definition) is 3. The monoisotopic (exact) mass is 185 g/mol. The number of hydrogen-bond donors (Lipinski definition) is 0. The summed E-state index contributed by atoms with van der Waals surface area (Å²) in [6.07, 6.45) is 1.44. The van der Waals surface area contributed by atoms with Crippen LogP contribution in [0.2, 0.25) is 5.02 Å². The molecule has 1 rings (SSSR count). The maximum absolute atomic E-state index is 9.71. The molecule has 0 saturated heterocycles. The fraction of sp³-hybridized carbons (Fsp3) is 0. The van der Waals surface area contributed by atoms with E-state index in [0.717, 1.165) is 16.8 Å². The van der Waals surface area contributed by atoms with Crippen LogP contribution in [0, 0.1) is 0 Å². The summed E-state index contributed by atoms with van der Waals surface area (Å²) >= 11 is 6.70. The van der Waals surface area contributed by atoms with E-state index in [-0.39, 0.29) is 0 Å². The van der Waals surface area contributed by atoms with Gasteiger partial charge in [-0.25, -0.2) is 4.79 Å². The minimum absolute atomic E-state index is 0.671. The molecule has 4 heteroatoms. The van der Waals surface area contributed by atoms with Crippen molar-refractivity contribution in [1.29, 1.82) is 0 Å². The molecule has 0 spiro atoms. The van der Waals surface area contributed by atoms with E-state index in [9.17, 15) is 4.79 Å². The zero-order valence-electron chi connectivity index (χ0n) is 5.45. The highest BCUT2D eigenvalue weighted by Crippen LogP contribution is 2.20. The Balaban J connectivity index is 2.73. The van der Waals surface area contributed by atoms with E-state index in [1.54, 1.807) is 24.3 Å². The zero-order chi connectivity index (χ0) is 8.10. The van der Waals surface area contributed by atoms with Crippen LogP contribution in [0.15, 0.2) is 33.6 Å². The maximum Gasteiger partial charge on any atom is 0.247 e. The average molecular weight is 186 g/mol. The lowest BCUT2D eigenvalue weighted by Gasteiger charge is -1.91. The molecule has 0 radical (unpaired) electrons. The first-order valence-electron chi connectivity index (χ1n) is 2.82. The average Bonchev–Trinajstić information content (AvgIpc) is 2.04. The fourth-order valence-corrected chi connectivity index (χ4v) is 1.09. The lowest BCUT2D eigenvalue weighted by Crippen LogP contribution is -1.66. The quantitative estimate of drug-likeness (QED) is 0.403. The van der Waals surface area contributed by atoms with Crippen LogP contribution in [0.3, 0.4) is 0 Å². The predicted octanol–water partition coefficient (Wildman–Crippen LogP) is 2.68. The predicted molar refractivity (Wildman–Crippen MR) is 45.4 cm³/mol. The lowest BCUT2D eigenvalue weighted by atomic mass is 10.4. The lowest BCUT2D eigenvalue weighted by molar-refractivity contribution is 0.566. The van der Waals surface area contributed by atoms with Crippen molar-refractivity contribution in [3.63, 3.8) is 0 Å². The van der Waals surface area contributed by atoms with Gasteiger partial charge >= 0.3 is 0 Å². The van der Waals surface area contributed by atoms with Gasteiger partial charge in [0.1, 0.15) is 0 Å². The van der Waals surface area contributed by atoms with Crippen molar-refractivity contribution in [1.82, 2.24) is 0 Å². The third kappa shape index (κ3) is 2.76. The third-order valence-electron chi connectivity index (χ3n) is 1.00. The number of carbonyl (C=O) groups excluding carboxylic acids is 1. The Morgan fingerprint density at radius 3 is 2.55 bits per heavy atom. The number of nitrogens with zero attached hydrogens (tertiary/aromatic N) is 1.